The van der Waals surface area contributed by atoms with Crippen LogP contribution in [0.4, 0.5) is 0 Å². The molecule has 0 saturated carbocycles. The van der Waals surface area contributed by atoms with Crippen molar-refractivity contribution in [3.63, 3.8) is 0 Å². The zero-order valence-corrected chi connectivity index (χ0v) is 9.48. The molecule has 5 nitrogen and oxygen atoms in total. The van der Waals surface area contributed by atoms with Gasteiger partial charge < -0.3 is 10.6 Å². The Hall–Kier alpha value is -2.17. The zero-order chi connectivity index (χ0) is 12.5. The molecule has 0 radical (unpaired) electrons. The maximum Gasteiger partial charge on any atom is 0.229 e. The normalized spacial score (nSPS) is 9.41. The van der Waals surface area contributed by atoms with Crippen molar-refractivity contribution in [1.29, 1.82) is 0 Å². The average Bonchev–Trinajstić information content (AvgIpc) is 2.35. The summed E-state index contributed by atoms with van der Waals surface area (Å²) in [7, 11) is 0. The first-order valence-electron chi connectivity index (χ1n) is 5.25. The van der Waals surface area contributed by atoms with Gasteiger partial charge in [0.25, 0.3) is 0 Å². The molecule has 90 valence electrons. The van der Waals surface area contributed by atoms with Crippen LogP contribution >= 0.6 is 0 Å². The zero-order valence-electron chi connectivity index (χ0n) is 9.48. The third-order valence-corrected chi connectivity index (χ3v) is 2.00. The SMILES string of the molecule is C=CCNC(=O)CC(=O)NCc1ccncc1. The van der Waals surface area contributed by atoms with Gasteiger partial charge in [0.1, 0.15) is 6.42 Å². The van der Waals surface area contributed by atoms with Crippen molar-refractivity contribution in [3.05, 3.63) is 42.7 Å². The summed E-state index contributed by atoms with van der Waals surface area (Å²) in [6.45, 7) is 4.24. The number of hydrogen-bond donors (Lipinski definition) is 2. The van der Waals surface area contributed by atoms with Gasteiger partial charge in [0.2, 0.25) is 11.8 Å². The first-order chi connectivity index (χ1) is 8.22. The molecule has 1 rings (SSSR count). The highest BCUT2D eigenvalue weighted by atomic mass is 16.2. The van der Waals surface area contributed by atoms with E-state index in [4.69, 9.17) is 0 Å². The first-order valence-corrected chi connectivity index (χ1v) is 5.25. The van der Waals surface area contributed by atoms with Crippen LogP contribution in [0.15, 0.2) is 37.2 Å². The molecule has 0 aliphatic rings. The molecule has 0 unspecified atom stereocenters. The topological polar surface area (TPSA) is 71.1 Å². The van der Waals surface area contributed by atoms with E-state index in [1.54, 1.807) is 30.6 Å². The van der Waals surface area contributed by atoms with Crippen LogP contribution in [-0.2, 0) is 16.1 Å². The number of carbonyl (C=O) groups is 2. The summed E-state index contributed by atoms with van der Waals surface area (Å²) < 4.78 is 0. The molecule has 0 atom stereocenters. The van der Waals surface area contributed by atoms with Crippen LogP contribution in [0, 0.1) is 0 Å². The Morgan fingerprint density at radius 3 is 2.53 bits per heavy atom. The Morgan fingerprint density at radius 1 is 1.24 bits per heavy atom. The van der Waals surface area contributed by atoms with Gasteiger partial charge in [0, 0.05) is 25.5 Å². The molecular weight excluding hydrogens is 218 g/mol. The van der Waals surface area contributed by atoms with E-state index in [0.717, 1.165) is 5.56 Å². The Bertz CT molecular complexity index is 390. The van der Waals surface area contributed by atoms with Crippen molar-refractivity contribution in [2.75, 3.05) is 6.54 Å². The van der Waals surface area contributed by atoms with Crippen molar-refractivity contribution in [2.45, 2.75) is 13.0 Å². The minimum atomic E-state index is -0.308. The lowest BCUT2D eigenvalue weighted by molar-refractivity contribution is -0.129. The molecule has 2 N–H and O–H groups in total. The predicted octanol–water partition coefficient (Wildman–Crippen LogP) is 0.390. The number of aromatic nitrogens is 1. The Labute approximate surface area is 99.9 Å². The summed E-state index contributed by atoms with van der Waals surface area (Å²) in [4.78, 5) is 26.4. The molecule has 5 heteroatoms. The molecule has 1 aromatic rings. The lowest BCUT2D eigenvalue weighted by Gasteiger charge is -2.05. The van der Waals surface area contributed by atoms with Crippen molar-refractivity contribution >= 4 is 11.8 Å². The highest BCUT2D eigenvalue weighted by molar-refractivity contribution is 5.96. The maximum absolute atomic E-state index is 11.4. The highest BCUT2D eigenvalue weighted by Gasteiger charge is 2.07. The summed E-state index contributed by atoms with van der Waals surface area (Å²) >= 11 is 0. The van der Waals surface area contributed by atoms with E-state index >= 15 is 0 Å². The number of amides is 2. The second-order valence-corrected chi connectivity index (χ2v) is 3.40. The molecule has 17 heavy (non-hydrogen) atoms. The van der Waals surface area contributed by atoms with Crippen molar-refractivity contribution in [2.24, 2.45) is 0 Å². The van der Waals surface area contributed by atoms with Gasteiger partial charge in [-0.1, -0.05) is 6.08 Å². The van der Waals surface area contributed by atoms with Crippen LogP contribution in [0.2, 0.25) is 0 Å². The van der Waals surface area contributed by atoms with Gasteiger partial charge in [-0.25, -0.2) is 0 Å². The molecular formula is C12H15N3O2. The highest BCUT2D eigenvalue weighted by Crippen LogP contribution is 1.95. The van der Waals surface area contributed by atoms with Gasteiger partial charge in [0.15, 0.2) is 0 Å². The molecule has 0 saturated heterocycles. The fourth-order valence-corrected chi connectivity index (χ4v) is 1.16. The lowest BCUT2D eigenvalue weighted by atomic mass is 10.2. The molecule has 0 aliphatic carbocycles. The third-order valence-electron chi connectivity index (χ3n) is 2.00. The fraction of sp³-hybridized carbons (Fsp3) is 0.250. The molecule has 0 fully saturated rings. The van der Waals surface area contributed by atoms with Gasteiger partial charge in [-0.3, -0.25) is 14.6 Å². The van der Waals surface area contributed by atoms with Crippen molar-refractivity contribution in [1.82, 2.24) is 15.6 Å². The molecule has 1 heterocycles. The molecule has 0 spiro atoms. The summed E-state index contributed by atoms with van der Waals surface area (Å²) in [6.07, 6.45) is 4.70. The number of nitrogens with zero attached hydrogens (tertiary/aromatic N) is 1. The standard InChI is InChI=1S/C12H15N3O2/c1-2-5-14-11(16)8-12(17)15-9-10-3-6-13-7-4-10/h2-4,6-7H,1,5,8-9H2,(H,14,16)(H,15,17). The van der Waals surface area contributed by atoms with Crippen LogP contribution in [0.25, 0.3) is 0 Å². The van der Waals surface area contributed by atoms with Gasteiger partial charge in [-0.2, -0.15) is 0 Å². The van der Waals surface area contributed by atoms with Crippen LogP contribution in [0.1, 0.15) is 12.0 Å². The first kappa shape index (κ1) is 12.9. The Kier molecular flexibility index (Phi) is 5.43. The Morgan fingerprint density at radius 2 is 1.88 bits per heavy atom. The van der Waals surface area contributed by atoms with Crippen molar-refractivity contribution in [3.8, 4) is 0 Å². The molecule has 0 aromatic carbocycles. The predicted molar refractivity (Wildman–Crippen MR) is 63.9 cm³/mol. The molecule has 0 bridgehead atoms. The third kappa shape index (κ3) is 5.46. The minimum Gasteiger partial charge on any atom is -0.352 e. The molecule has 1 aromatic heterocycles. The quantitative estimate of drug-likeness (QED) is 0.551. The van der Waals surface area contributed by atoms with Gasteiger partial charge in [-0.15, -0.1) is 6.58 Å². The van der Waals surface area contributed by atoms with Crippen LogP contribution < -0.4 is 10.6 Å². The van der Waals surface area contributed by atoms with E-state index in [-0.39, 0.29) is 18.2 Å². The fourth-order valence-electron chi connectivity index (χ4n) is 1.16. The second-order valence-electron chi connectivity index (χ2n) is 3.40. The van der Waals surface area contributed by atoms with E-state index in [1.807, 2.05) is 0 Å². The van der Waals surface area contributed by atoms with Crippen LogP contribution in [0.5, 0.6) is 0 Å². The van der Waals surface area contributed by atoms with E-state index in [2.05, 4.69) is 22.2 Å². The molecule has 0 aliphatic heterocycles. The van der Waals surface area contributed by atoms with Gasteiger partial charge in [-0.05, 0) is 17.7 Å². The number of nitrogens with one attached hydrogen (secondary N) is 2. The lowest BCUT2D eigenvalue weighted by Crippen LogP contribution is -2.31. The summed E-state index contributed by atoms with van der Waals surface area (Å²) in [5.74, 6) is -0.611. The van der Waals surface area contributed by atoms with E-state index in [1.165, 1.54) is 0 Å². The van der Waals surface area contributed by atoms with Gasteiger partial charge >= 0.3 is 0 Å². The van der Waals surface area contributed by atoms with E-state index in [0.29, 0.717) is 13.1 Å². The van der Waals surface area contributed by atoms with E-state index < -0.39 is 0 Å². The summed E-state index contributed by atoms with van der Waals surface area (Å²) in [6, 6.07) is 3.61. The Balaban J connectivity index is 2.26. The summed E-state index contributed by atoms with van der Waals surface area (Å²) in [5.41, 5.74) is 0.944. The van der Waals surface area contributed by atoms with Gasteiger partial charge in [0.05, 0.1) is 0 Å². The number of rotatable bonds is 6. The maximum atomic E-state index is 11.4. The number of hydrogen-bond acceptors (Lipinski definition) is 3. The van der Waals surface area contributed by atoms with Crippen LogP contribution in [-0.4, -0.2) is 23.3 Å². The minimum absolute atomic E-state index is 0.168. The number of carbonyl (C=O) groups excluding carboxylic acids is 2. The van der Waals surface area contributed by atoms with E-state index in [9.17, 15) is 9.59 Å². The average molecular weight is 233 g/mol. The van der Waals surface area contributed by atoms with Crippen LogP contribution in [0.3, 0.4) is 0 Å². The number of pyridine rings is 1. The largest absolute Gasteiger partial charge is 0.352 e. The smallest absolute Gasteiger partial charge is 0.229 e. The second kappa shape index (κ2) is 7.16. The molecule has 2 amide bonds. The van der Waals surface area contributed by atoms with Crippen molar-refractivity contribution < 1.29 is 9.59 Å². The monoisotopic (exact) mass is 233 g/mol. The summed E-state index contributed by atoms with van der Waals surface area (Å²) in [5, 5.41) is 5.19.